The summed E-state index contributed by atoms with van der Waals surface area (Å²) in [5.41, 5.74) is 8.85. The van der Waals surface area contributed by atoms with E-state index in [0.717, 1.165) is 42.3 Å². The molecule has 2 atom stereocenters. The van der Waals surface area contributed by atoms with Crippen LogP contribution >= 0.6 is 23.1 Å². The van der Waals surface area contributed by atoms with Crippen molar-refractivity contribution in [2.45, 2.75) is 69.9 Å². The molecule has 0 radical (unpaired) electrons. The number of thioether (sulfide) groups is 1. The Morgan fingerprint density at radius 2 is 2.16 bits per heavy atom. The predicted molar refractivity (Wildman–Crippen MR) is 132 cm³/mol. The molecule has 4 rings (SSSR count). The van der Waals surface area contributed by atoms with Crippen molar-refractivity contribution in [3.8, 4) is 0 Å². The topological polar surface area (TPSA) is 90.1 Å². The number of anilines is 1. The van der Waals surface area contributed by atoms with Crippen molar-refractivity contribution >= 4 is 45.0 Å². The summed E-state index contributed by atoms with van der Waals surface area (Å²) >= 11 is 2.96. The molecule has 0 bridgehead atoms. The Balaban J connectivity index is 1.34. The van der Waals surface area contributed by atoms with Gasteiger partial charge in [0.15, 0.2) is 5.16 Å². The van der Waals surface area contributed by atoms with Gasteiger partial charge in [-0.2, -0.15) is 0 Å². The normalized spacial score (nSPS) is 16.6. The van der Waals surface area contributed by atoms with Crippen LogP contribution in [0.3, 0.4) is 0 Å². The molecule has 170 valence electrons. The van der Waals surface area contributed by atoms with Gasteiger partial charge in [-0.15, -0.1) is 11.3 Å². The van der Waals surface area contributed by atoms with Crippen molar-refractivity contribution < 1.29 is 9.53 Å². The first-order valence-electron chi connectivity index (χ1n) is 11.2. The molecule has 0 saturated carbocycles. The van der Waals surface area contributed by atoms with E-state index in [0.29, 0.717) is 17.6 Å². The first-order chi connectivity index (χ1) is 15.5. The Bertz CT molecular complexity index is 1070. The number of fused-ring (bicyclic) bond motifs is 3. The molecule has 3 heterocycles. The minimum atomic E-state index is -0.0147. The largest absolute Gasteiger partial charge is 0.383 e. The van der Waals surface area contributed by atoms with Gasteiger partial charge >= 0.3 is 0 Å². The molecule has 0 aliphatic carbocycles. The lowest BCUT2D eigenvalue weighted by Gasteiger charge is -2.22. The van der Waals surface area contributed by atoms with Crippen LogP contribution in [0, 0.1) is 0 Å². The second kappa shape index (κ2) is 10.6. The van der Waals surface area contributed by atoms with Crippen LogP contribution in [-0.4, -0.2) is 33.8 Å². The molecule has 6 nitrogen and oxygen atoms in total. The van der Waals surface area contributed by atoms with Crippen LogP contribution in [0.4, 0.5) is 5.82 Å². The van der Waals surface area contributed by atoms with E-state index in [-0.39, 0.29) is 23.8 Å². The fourth-order valence-electron chi connectivity index (χ4n) is 4.04. The summed E-state index contributed by atoms with van der Waals surface area (Å²) in [6.45, 7) is 4.83. The lowest BCUT2D eigenvalue weighted by atomic mass is 10.0. The number of ether oxygens (including phenoxy) is 1. The van der Waals surface area contributed by atoms with E-state index >= 15 is 0 Å². The van der Waals surface area contributed by atoms with E-state index in [4.69, 9.17) is 15.5 Å². The minimum Gasteiger partial charge on any atom is -0.383 e. The summed E-state index contributed by atoms with van der Waals surface area (Å²) in [4.78, 5) is 23.7. The number of hydrogen-bond acceptors (Lipinski definition) is 7. The van der Waals surface area contributed by atoms with Gasteiger partial charge in [0.2, 0.25) is 5.91 Å². The van der Waals surface area contributed by atoms with Gasteiger partial charge in [0, 0.05) is 17.3 Å². The third kappa shape index (κ3) is 5.60. The van der Waals surface area contributed by atoms with Gasteiger partial charge in [-0.05, 0) is 37.3 Å². The molecule has 1 aliphatic heterocycles. The minimum absolute atomic E-state index is 0.0147. The van der Waals surface area contributed by atoms with Gasteiger partial charge in [-0.3, -0.25) is 4.79 Å². The second-order valence-electron chi connectivity index (χ2n) is 8.28. The molecule has 8 heteroatoms. The van der Waals surface area contributed by atoms with Crippen LogP contribution in [-0.2, 0) is 29.0 Å². The third-order valence-electron chi connectivity index (χ3n) is 5.68. The number of aryl methyl sites for hydroxylation is 1. The number of nitrogen functional groups attached to an aromatic ring is 1. The average molecular weight is 471 g/mol. The molecular weight excluding hydrogens is 440 g/mol. The lowest BCUT2D eigenvalue weighted by Crippen LogP contribution is -2.34. The molecule has 3 aromatic rings. The second-order valence-corrected chi connectivity index (χ2v) is 10.3. The van der Waals surface area contributed by atoms with Crippen LogP contribution in [0.5, 0.6) is 0 Å². The number of rotatable bonds is 9. The molecule has 0 fully saturated rings. The highest BCUT2D eigenvalue weighted by molar-refractivity contribution is 7.99. The third-order valence-corrected chi connectivity index (χ3v) is 7.63. The number of hydrogen-bond donors (Lipinski definition) is 2. The Kier molecular flexibility index (Phi) is 7.65. The number of benzene rings is 1. The quantitative estimate of drug-likeness (QED) is 0.347. The molecule has 3 N–H and O–H groups in total. The zero-order chi connectivity index (χ0) is 22.5. The summed E-state index contributed by atoms with van der Waals surface area (Å²) < 4.78 is 5.97. The van der Waals surface area contributed by atoms with Gasteiger partial charge in [0.25, 0.3) is 0 Å². The van der Waals surface area contributed by atoms with Crippen molar-refractivity contribution in [1.29, 1.82) is 0 Å². The fraction of sp³-hybridized carbons (Fsp3) is 0.458. The molecule has 0 saturated heterocycles. The molecule has 32 heavy (non-hydrogen) atoms. The SMILES string of the molecule is CCCC1Cc2c(sc3nc(SCC(=O)NC(C)CCc4ccccc4)nc(N)c23)CO1. The summed E-state index contributed by atoms with van der Waals surface area (Å²) in [6.07, 6.45) is 5.10. The Labute approximate surface area is 197 Å². The zero-order valence-electron chi connectivity index (χ0n) is 18.6. The summed E-state index contributed by atoms with van der Waals surface area (Å²) in [5.74, 6) is 0.760. The van der Waals surface area contributed by atoms with Gasteiger partial charge in [0.1, 0.15) is 10.6 Å². The maximum atomic E-state index is 12.4. The molecular formula is C24H30N4O2S2. The van der Waals surface area contributed by atoms with Gasteiger partial charge < -0.3 is 15.8 Å². The number of carbonyl (C=O) groups excluding carboxylic acids is 1. The Morgan fingerprint density at radius 1 is 1.34 bits per heavy atom. The van der Waals surface area contributed by atoms with Crippen LogP contribution < -0.4 is 11.1 Å². The first kappa shape index (κ1) is 23.0. The molecule has 2 unspecified atom stereocenters. The number of carbonyl (C=O) groups is 1. The summed E-state index contributed by atoms with van der Waals surface area (Å²) in [5, 5.41) is 4.59. The van der Waals surface area contributed by atoms with E-state index in [9.17, 15) is 4.79 Å². The first-order valence-corrected chi connectivity index (χ1v) is 13.0. The predicted octanol–water partition coefficient (Wildman–Crippen LogP) is 4.74. The van der Waals surface area contributed by atoms with E-state index in [1.807, 2.05) is 25.1 Å². The van der Waals surface area contributed by atoms with E-state index in [1.165, 1.54) is 27.8 Å². The lowest BCUT2D eigenvalue weighted by molar-refractivity contribution is -0.119. The number of thiophene rings is 1. The highest BCUT2D eigenvalue weighted by Gasteiger charge is 2.25. The number of nitrogens with zero attached hydrogens (tertiary/aromatic N) is 2. The van der Waals surface area contributed by atoms with Crippen molar-refractivity contribution in [3.63, 3.8) is 0 Å². The van der Waals surface area contributed by atoms with E-state index in [1.54, 1.807) is 11.3 Å². The smallest absolute Gasteiger partial charge is 0.230 e. The van der Waals surface area contributed by atoms with E-state index < -0.39 is 0 Å². The Hall–Kier alpha value is -2.16. The van der Waals surface area contributed by atoms with Crippen LogP contribution in [0.1, 0.15) is 49.1 Å². The number of amides is 1. The molecule has 1 aliphatic rings. The summed E-state index contributed by atoms with van der Waals surface area (Å²) in [6, 6.07) is 10.4. The molecule has 0 spiro atoms. The average Bonchev–Trinajstić information content (AvgIpc) is 3.15. The summed E-state index contributed by atoms with van der Waals surface area (Å²) in [7, 11) is 0. The fourth-order valence-corrected chi connectivity index (χ4v) is 5.89. The zero-order valence-corrected chi connectivity index (χ0v) is 20.2. The number of nitrogens with one attached hydrogen (secondary N) is 1. The highest BCUT2D eigenvalue weighted by Crippen LogP contribution is 2.38. The van der Waals surface area contributed by atoms with Gasteiger partial charge in [0.05, 0.1) is 23.8 Å². The molecule has 1 amide bonds. The maximum Gasteiger partial charge on any atom is 0.230 e. The van der Waals surface area contributed by atoms with E-state index in [2.05, 4.69) is 29.4 Å². The van der Waals surface area contributed by atoms with Crippen LogP contribution in [0.25, 0.3) is 10.2 Å². The molecule has 2 aromatic heterocycles. The van der Waals surface area contributed by atoms with Gasteiger partial charge in [-0.25, -0.2) is 9.97 Å². The van der Waals surface area contributed by atoms with Crippen molar-refractivity contribution in [2.24, 2.45) is 0 Å². The number of aromatic nitrogens is 2. The number of nitrogens with two attached hydrogens (primary N) is 1. The van der Waals surface area contributed by atoms with Crippen LogP contribution in [0.15, 0.2) is 35.5 Å². The van der Waals surface area contributed by atoms with Gasteiger partial charge in [-0.1, -0.05) is 55.4 Å². The highest BCUT2D eigenvalue weighted by atomic mass is 32.2. The maximum absolute atomic E-state index is 12.4. The molecule has 1 aromatic carbocycles. The standard InChI is InChI=1S/C24H30N4O2S2/c1-3-7-17-12-18-19(13-30-17)32-23-21(18)22(25)27-24(28-23)31-14-20(29)26-15(2)10-11-16-8-5-4-6-9-16/h4-6,8-9,15,17H,3,7,10-14H2,1-2H3,(H,26,29)(H2,25,27,28). The monoisotopic (exact) mass is 470 g/mol. The van der Waals surface area contributed by atoms with Crippen molar-refractivity contribution in [3.05, 3.63) is 46.3 Å². The van der Waals surface area contributed by atoms with Crippen molar-refractivity contribution in [2.75, 3.05) is 11.5 Å². The van der Waals surface area contributed by atoms with Crippen molar-refractivity contribution in [1.82, 2.24) is 15.3 Å². The Morgan fingerprint density at radius 3 is 2.94 bits per heavy atom. The van der Waals surface area contributed by atoms with Crippen LogP contribution in [0.2, 0.25) is 0 Å².